The Morgan fingerprint density at radius 3 is 2.38 bits per heavy atom. The van der Waals surface area contributed by atoms with E-state index in [4.69, 9.17) is 29.3 Å². The smallest absolute Gasteiger partial charge is 0.414 e. The van der Waals surface area contributed by atoms with Crippen molar-refractivity contribution in [1.29, 1.82) is 0 Å². The second-order valence-corrected chi connectivity index (χ2v) is 4.70. The Balaban J connectivity index is 0.000000301. The first kappa shape index (κ1) is 17.1. The summed E-state index contributed by atoms with van der Waals surface area (Å²) in [5.41, 5.74) is 0. The monoisotopic (exact) mass is 332 g/mol. The average molecular weight is 332 g/mol. The van der Waals surface area contributed by atoms with Crippen molar-refractivity contribution in [2.75, 3.05) is 18.5 Å². The fourth-order valence-electron chi connectivity index (χ4n) is 1.85. The van der Waals surface area contributed by atoms with Crippen LogP contribution >= 0.6 is 0 Å². The first-order valence-corrected chi connectivity index (χ1v) is 7.06. The maximum Gasteiger partial charge on any atom is 0.414 e. The van der Waals surface area contributed by atoms with E-state index in [0.29, 0.717) is 13.2 Å². The minimum Gasteiger partial charge on any atom is -0.486 e. The summed E-state index contributed by atoms with van der Waals surface area (Å²) in [6, 6.07) is 13.5. The number of para-hydroxylation sites is 2. The fraction of sp³-hybridized carbons (Fsp3) is 0.188. The summed E-state index contributed by atoms with van der Waals surface area (Å²) in [4.78, 5) is 22.4. The highest BCUT2D eigenvalue weighted by Crippen LogP contribution is 2.30. The number of pyridine rings is 1. The summed E-state index contributed by atoms with van der Waals surface area (Å²) >= 11 is 0. The van der Waals surface area contributed by atoms with Crippen LogP contribution in [0.1, 0.15) is 0 Å². The largest absolute Gasteiger partial charge is 0.486 e. The van der Waals surface area contributed by atoms with Crippen LogP contribution in [0, 0.1) is 0 Å². The van der Waals surface area contributed by atoms with Gasteiger partial charge in [-0.25, -0.2) is 14.6 Å². The number of nitrogens with one attached hydrogen (secondary N) is 1. The van der Waals surface area contributed by atoms with E-state index in [-0.39, 0.29) is 6.10 Å². The zero-order chi connectivity index (χ0) is 17.4. The van der Waals surface area contributed by atoms with Gasteiger partial charge in [-0.3, -0.25) is 0 Å². The molecule has 24 heavy (non-hydrogen) atoms. The normalized spacial score (nSPS) is 14.8. The lowest BCUT2D eigenvalue weighted by molar-refractivity contribution is -0.159. The molecular formula is C16H16N2O6. The van der Waals surface area contributed by atoms with Gasteiger partial charge in [-0.15, -0.1) is 0 Å². The molecule has 3 rings (SSSR count). The van der Waals surface area contributed by atoms with Crippen LogP contribution in [-0.4, -0.2) is 46.4 Å². The van der Waals surface area contributed by atoms with Gasteiger partial charge in [0, 0.05) is 6.20 Å². The molecule has 0 fully saturated rings. The molecule has 0 radical (unpaired) electrons. The van der Waals surface area contributed by atoms with Crippen molar-refractivity contribution in [3.05, 3.63) is 48.7 Å². The van der Waals surface area contributed by atoms with Gasteiger partial charge in [-0.05, 0) is 24.3 Å². The van der Waals surface area contributed by atoms with E-state index in [0.717, 1.165) is 17.3 Å². The number of hydrogen-bond acceptors (Lipinski definition) is 6. The lowest BCUT2D eigenvalue weighted by Crippen LogP contribution is -2.35. The summed E-state index contributed by atoms with van der Waals surface area (Å²) in [7, 11) is 0. The summed E-state index contributed by atoms with van der Waals surface area (Å²) in [5, 5.41) is 18.0. The molecule has 8 heteroatoms. The van der Waals surface area contributed by atoms with Gasteiger partial charge in [0.2, 0.25) is 0 Å². The van der Waals surface area contributed by atoms with Crippen molar-refractivity contribution in [2.24, 2.45) is 0 Å². The Labute approximate surface area is 137 Å². The van der Waals surface area contributed by atoms with Gasteiger partial charge in [0.15, 0.2) is 11.5 Å². The van der Waals surface area contributed by atoms with Gasteiger partial charge in [-0.2, -0.15) is 0 Å². The zero-order valence-electron chi connectivity index (χ0n) is 12.6. The Morgan fingerprint density at radius 2 is 1.75 bits per heavy atom. The molecule has 1 aliphatic rings. The number of rotatable bonds is 3. The molecule has 3 N–H and O–H groups in total. The summed E-state index contributed by atoms with van der Waals surface area (Å²) < 4.78 is 11.5. The molecule has 0 amide bonds. The number of aromatic nitrogens is 1. The second kappa shape index (κ2) is 8.37. The number of hydrogen-bond donors (Lipinski definition) is 3. The molecule has 0 saturated carbocycles. The third-order valence-corrected chi connectivity index (χ3v) is 2.93. The Hall–Kier alpha value is -3.29. The number of carboxylic acid groups (broad SMARTS) is 2. The number of aliphatic carboxylic acids is 2. The molecule has 0 bridgehead atoms. The van der Waals surface area contributed by atoms with Crippen LogP contribution in [0.5, 0.6) is 11.5 Å². The van der Waals surface area contributed by atoms with Crippen LogP contribution in [0.4, 0.5) is 5.82 Å². The third-order valence-electron chi connectivity index (χ3n) is 2.93. The van der Waals surface area contributed by atoms with Crippen LogP contribution < -0.4 is 14.8 Å². The second-order valence-electron chi connectivity index (χ2n) is 4.70. The molecule has 1 unspecified atom stereocenters. The van der Waals surface area contributed by atoms with E-state index in [1.165, 1.54) is 0 Å². The zero-order valence-corrected chi connectivity index (χ0v) is 12.6. The van der Waals surface area contributed by atoms with Gasteiger partial charge in [0.05, 0.1) is 6.54 Å². The molecule has 1 aromatic heterocycles. The lowest BCUT2D eigenvalue weighted by atomic mass is 10.2. The highest BCUT2D eigenvalue weighted by Gasteiger charge is 2.20. The topological polar surface area (TPSA) is 118 Å². The van der Waals surface area contributed by atoms with Gasteiger partial charge in [0.25, 0.3) is 0 Å². The van der Waals surface area contributed by atoms with Gasteiger partial charge >= 0.3 is 11.9 Å². The van der Waals surface area contributed by atoms with E-state index in [1.807, 2.05) is 42.5 Å². The van der Waals surface area contributed by atoms with Crippen molar-refractivity contribution in [1.82, 2.24) is 4.98 Å². The number of carbonyl (C=O) groups is 2. The molecule has 126 valence electrons. The third kappa shape index (κ3) is 5.16. The standard InChI is InChI=1S/C14H14N2O2.C2H2O4/c1-2-6-13-12(5-1)17-10-11(18-13)9-16-14-7-3-4-8-15-14;3-1(4)2(5)6/h1-8,11H,9-10H2,(H,15,16);(H,3,4)(H,5,6). The molecule has 2 heterocycles. The molecule has 8 nitrogen and oxygen atoms in total. The minimum atomic E-state index is -1.82. The predicted octanol–water partition coefficient (Wildman–Crippen LogP) is 1.49. The minimum absolute atomic E-state index is 0.00176. The van der Waals surface area contributed by atoms with Crippen molar-refractivity contribution in [3.8, 4) is 11.5 Å². The summed E-state index contributed by atoms with van der Waals surface area (Å²) in [6.07, 6.45) is 1.76. The number of carboxylic acids is 2. The lowest BCUT2D eigenvalue weighted by Gasteiger charge is -2.26. The molecule has 2 aromatic rings. The molecular weight excluding hydrogens is 316 g/mol. The van der Waals surface area contributed by atoms with Gasteiger partial charge in [0.1, 0.15) is 18.5 Å². The maximum absolute atomic E-state index is 9.10. The van der Waals surface area contributed by atoms with E-state index >= 15 is 0 Å². The fourth-order valence-corrected chi connectivity index (χ4v) is 1.85. The summed E-state index contributed by atoms with van der Waals surface area (Å²) in [6.45, 7) is 1.22. The Kier molecular flexibility index (Phi) is 5.95. The predicted molar refractivity (Wildman–Crippen MR) is 84.4 cm³/mol. The number of nitrogens with zero attached hydrogens (tertiary/aromatic N) is 1. The Bertz CT molecular complexity index is 680. The SMILES string of the molecule is O=C(O)C(=O)O.c1ccc(NCC2COc3ccccc3O2)nc1. The molecule has 1 aliphatic heterocycles. The average Bonchev–Trinajstić information content (AvgIpc) is 2.61. The van der Waals surface area contributed by atoms with Crippen molar-refractivity contribution >= 4 is 17.8 Å². The first-order valence-electron chi connectivity index (χ1n) is 7.06. The number of ether oxygens (including phenoxy) is 2. The molecule has 1 atom stereocenters. The van der Waals surface area contributed by atoms with Crippen LogP contribution in [-0.2, 0) is 9.59 Å². The molecule has 0 spiro atoms. The van der Waals surface area contributed by atoms with Gasteiger partial charge < -0.3 is 25.0 Å². The maximum atomic E-state index is 9.10. The van der Waals surface area contributed by atoms with Crippen LogP contribution in [0.2, 0.25) is 0 Å². The first-order chi connectivity index (χ1) is 11.6. The van der Waals surface area contributed by atoms with Gasteiger partial charge in [-0.1, -0.05) is 18.2 Å². The van der Waals surface area contributed by atoms with E-state index in [2.05, 4.69) is 10.3 Å². The number of fused-ring (bicyclic) bond motifs is 1. The quantitative estimate of drug-likeness (QED) is 0.724. The van der Waals surface area contributed by atoms with E-state index in [1.54, 1.807) is 6.20 Å². The highest BCUT2D eigenvalue weighted by atomic mass is 16.6. The number of anilines is 1. The summed E-state index contributed by atoms with van der Waals surface area (Å²) in [5.74, 6) is -1.19. The Morgan fingerprint density at radius 1 is 1.08 bits per heavy atom. The van der Waals surface area contributed by atoms with Crippen LogP contribution in [0.25, 0.3) is 0 Å². The van der Waals surface area contributed by atoms with Crippen molar-refractivity contribution < 1.29 is 29.3 Å². The number of benzene rings is 1. The van der Waals surface area contributed by atoms with Crippen LogP contribution in [0.15, 0.2) is 48.7 Å². The molecule has 0 aliphatic carbocycles. The van der Waals surface area contributed by atoms with Crippen molar-refractivity contribution in [2.45, 2.75) is 6.10 Å². The highest BCUT2D eigenvalue weighted by molar-refractivity contribution is 6.27. The van der Waals surface area contributed by atoms with Crippen LogP contribution in [0.3, 0.4) is 0 Å². The van der Waals surface area contributed by atoms with E-state index < -0.39 is 11.9 Å². The molecule has 0 saturated heterocycles. The molecule has 1 aromatic carbocycles. The van der Waals surface area contributed by atoms with Crippen molar-refractivity contribution in [3.63, 3.8) is 0 Å². The van der Waals surface area contributed by atoms with E-state index in [9.17, 15) is 0 Å².